The Labute approximate surface area is 167 Å². The summed E-state index contributed by atoms with van der Waals surface area (Å²) in [5, 5.41) is 25.3. The van der Waals surface area contributed by atoms with E-state index in [0.29, 0.717) is 24.1 Å². The second kappa shape index (κ2) is 7.18. The number of benzene rings is 1. The van der Waals surface area contributed by atoms with Gasteiger partial charge in [0.1, 0.15) is 10.8 Å². The Balaban J connectivity index is 1.47. The quantitative estimate of drug-likeness (QED) is 0.349. The van der Waals surface area contributed by atoms with Crippen LogP contribution in [-0.4, -0.2) is 39.4 Å². The Bertz CT molecular complexity index is 1160. The third kappa shape index (κ3) is 3.65. The number of carboxylic acids is 1. The molecule has 1 amide bonds. The van der Waals surface area contributed by atoms with Crippen molar-refractivity contribution >= 4 is 28.2 Å². The Morgan fingerprint density at radius 2 is 2.03 bits per heavy atom. The highest BCUT2D eigenvalue weighted by molar-refractivity contribution is 7.16. The second-order valence-electron chi connectivity index (χ2n) is 6.61. The first-order valence-corrected chi connectivity index (χ1v) is 9.50. The van der Waals surface area contributed by atoms with Gasteiger partial charge in [-0.3, -0.25) is 19.8 Å². The van der Waals surface area contributed by atoms with Crippen LogP contribution in [0.2, 0.25) is 0 Å². The molecular formula is C18H16N4O6S. The summed E-state index contributed by atoms with van der Waals surface area (Å²) in [5.41, 5.74) is 2.11. The van der Waals surface area contributed by atoms with Gasteiger partial charge in [-0.15, -0.1) is 11.3 Å². The van der Waals surface area contributed by atoms with Crippen LogP contribution in [0.5, 0.6) is 5.75 Å². The number of carbonyl (C=O) groups is 2. The molecule has 1 aliphatic heterocycles. The number of amides is 1. The molecule has 0 radical (unpaired) electrons. The number of aromatic hydroxyl groups is 1. The number of thiophene rings is 1. The normalized spacial score (nSPS) is 15.8. The maximum Gasteiger partial charge on any atom is 0.340 e. The molecule has 0 aliphatic carbocycles. The minimum Gasteiger partial charge on any atom is -0.508 e. The molecule has 0 saturated heterocycles. The zero-order valence-corrected chi connectivity index (χ0v) is 15.7. The lowest BCUT2D eigenvalue weighted by Gasteiger charge is -2.24. The van der Waals surface area contributed by atoms with Gasteiger partial charge in [0.25, 0.3) is 5.91 Å². The van der Waals surface area contributed by atoms with Gasteiger partial charge in [0.05, 0.1) is 5.56 Å². The fourth-order valence-electron chi connectivity index (χ4n) is 3.18. The van der Waals surface area contributed by atoms with Crippen LogP contribution in [0.1, 0.15) is 31.2 Å². The van der Waals surface area contributed by atoms with E-state index in [9.17, 15) is 29.4 Å². The molecule has 0 spiro atoms. The van der Waals surface area contributed by atoms with Crippen molar-refractivity contribution in [2.75, 3.05) is 12.0 Å². The summed E-state index contributed by atoms with van der Waals surface area (Å²) in [6.07, 6.45) is 0.358. The molecule has 0 bridgehead atoms. The van der Waals surface area contributed by atoms with E-state index in [1.165, 1.54) is 23.5 Å². The first-order valence-electron chi connectivity index (χ1n) is 8.68. The molecule has 0 fully saturated rings. The van der Waals surface area contributed by atoms with Crippen LogP contribution in [0.15, 0.2) is 33.9 Å². The van der Waals surface area contributed by atoms with Crippen molar-refractivity contribution in [1.82, 2.24) is 15.3 Å². The van der Waals surface area contributed by atoms with Gasteiger partial charge in [-0.2, -0.15) is 4.68 Å². The van der Waals surface area contributed by atoms with Crippen LogP contribution in [0.25, 0.3) is 0 Å². The molecular weight excluding hydrogens is 400 g/mol. The van der Waals surface area contributed by atoms with Crippen LogP contribution < -0.4 is 27.2 Å². The third-order valence-corrected chi connectivity index (χ3v) is 5.81. The van der Waals surface area contributed by atoms with Gasteiger partial charge < -0.3 is 20.8 Å². The summed E-state index contributed by atoms with van der Waals surface area (Å²) in [7, 11) is 0. The molecule has 1 atom stereocenters. The molecule has 10 nitrogen and oxygen atoms in total. The average Bonchev–Trinajstić information content (AvgIpc) is 3.10. The zero-order chi connectivity index (χ0) is 20.7. The predicted octanol–water partition coefficient (Wildman–Crippen LogP) is -0.131. The number of anilines is 1. The van der Waals surface area contributed by atoms with Crippen molar-refractivity contribution in [3.63, 3.8) is 0 Å². The third-order valence-electron chi connectivity index (χ3n) is 4.68. The SMILES string of the molecule is O=C(NCC1Cc2c(sc(Nn3c(=O)c3=O)c2C(=O)O)CN1)c1cccc(O)c1. The molecule has 4 rings (SSSR count). The summed E-state index contributed by atoms with van der Waals surface area (Å²) in [6, 6.07) is 5.78. The molecule has 5 N–H and O–H groups in total. The summed E-state index contributed by atoms with van der Waals surface area (Å²) in [6.45, 7) is 0.658. The van der Waals surface area contributed by atoms with Crippen molar-refractivity contribution < 1.29 is 19.8 Å². The number of aromatic nitrogens is 1. The van der Waals surface area contributed by atoms with E-state index in [-0.39, 0.29) is 34.8 Å². The van der Waals surface area contributed by atoms with Crippen molar-refractivity contribution in [2.24, 2.45) is 0 Å². The van der Waals surface area contributed by atoms with Crippen molar-refractivity contribution in [1.29, 1.82) is 0 Å². The molecule has 2 aromatic heterocycles. The van der Waals surface area contributed by atoms with E-state index in [4.69, 9.17) is 0 Å². The van der Waals surface area contributed by atoms with Gasteiger partial charge in [0.15, 0.2) is 0 Å². The number of aromatic carboxylic acids is 1. The van der Waals surface area contributed by atoms with Crippen molar-refractivity contribution in [2.45, 2.75) is 19.0 Å². The molecule has 3 aromatic rings. The summed E-state index contributed by atoms with van der Waals surface area (Å²) >= 11 is 1.17. The molecule has 11 heteroatoms. The molecule has 150 valence electrons. The highest BCUT2D eigenvalue weighted by Crippen LogP contribution is 2.36. The van der Waals surface area contributed by atoms with Crippen LogP contribution in [0, 0.1) is 0 Å². The van der Waals surface area contributed by atoms with Crippen LogP contribution >= 0.6 is 11.3 Å². The van der Waals surface area contributed by atoms with Gasteiger partial charge in [0, 0.05) is 29.6 Å². The molecule has 1 aromatic carbocycles. The van der Waals surface area contributed by atoms with Crippen LogP contribution in [0.3, 0.4) is 0 Å². The van der Waals surface area contributed by atoms with Gasteiger partial charge >= 0.3 is 17.1 Å². The zero-order valence-electron chi connectivity index (χ0n) is 14.9. The Morgan fingerprint density at radius 3 is 2.69 bits per heavy atom. The van der Waals surface area contributed by atoms with E-state index in [2.05, 4.69) is 16.1 Å². The Morgan fingerprint density at radius 1 is 1.28 bits per heavy atom. The van der Waals surface area contributed by atoms with E-state index in [1.54, 1.807) is 12.1 Å². The van der Waals surface area contributed by atoms with Crippen LogP contribution in [-0.2, 0) is 13.0 Å². The van der Waals surface area contributed by atoms with Gasteiger partial charge in [-0.25, -0.2) is 4.79 Å². The van der Waals surface area contributed by atoms with Gasteiger partial charge in [0.2, 0.25) is 0 Å². The standard InChI is InChI=1S/C18H16N4O6S/c23-10-3-1-2-8(4-10)14(24)20-6-9-5-11-12(7-19-9)29-15(13(11)18(27)28)21-22-16(25)17(22)26/h1-4,9,19,21,23H,5-7H2,(H,20,24)(H,27,28). The number of hydrogen-bond acceptors (Lipinski definition) is 8. The number of nitrogens with zero attached hydrogens (tertiary/aromatic N) is 1. The fraction of sp³-hybridized carbons (Fsp3) is 0.222. The van der Waals surface area contributed by atoms with E-state index < -0.39 is 17.1 Å². The first-order chi connectivity index (χ1) is 13.8. The van der Waals surface area contributed by atoms with E-state index in [0.717, 1.165) is 9.55 Å². The summed E-state index contributed by atoms with van der Waals surface area (Å²) < 4.78 is 0.768. The Hall–Kier alpha value is -3.44. The highest BCUT2D eigenvalue weighted by atomic mass is 32.1. The molecule has 1 unspecified atom stereocenters. The number of nitrogens with one attached hydrogen (secondary N) is 3. The minimum atomic E-state index is -1.16. The number of carboxylic acid groups (broad SMARTS) is 1. The van der Waals surface area contributed by atoms with Crippen LogP contribution in [0.4, 0.5) is 5.00 Å². The smallest absolute Gasteiger partial charge is 0.340 e. The molecule has 3 heterocycles. The van der Waals surface area contributed by atoms with Crippen molar-refractivity contribution in [3.8, 4) is 5.75 Å². The lowest BCUT2D eigenvalue weighted by Crippen LogP contribution is -2.44. The minimum absolute atomic E-state index is 0.00847. The summed E-state index contributed by atoms with van der Waals surface area (Å²) in [5.74, 6) is -1.51. The first kappa shape index (κ1) is 18.9. The maximum atomic E-state index is 12.2. The fourth-order valence-corrected chi connectivity index (χ4v) is 4.34. The average molecular weight is 416 g/mol. The molecule has 1 aliphatic rings. The monoisotopic (exact) mass is 416 g/mol. The van der Waals surface area contributed by atoms with Gasteiger partial charge in [-0.05, 0) is 30.2 Å². The maximum absolute atomic E-state index is 12.2. The topological polar surface area (TPSA) is 150 Å². The van der Waals surface area contributed by atoms with Gasteiger partial charge in [-0.1, -0.05) is 6.07 Å². The van der Waals surface area contributed by atoms with E-state index in [1.807, 2.05) is 0 Å². The lowest BCUT2D eigenvalue weighted by molar-refractivity contribution is 0.0696. The highest BCUT2D eigenvalue weighted by Gasteiger charge is 2.30. The summed E-state index contributed by atoms with van der Waals surface area (Å²) in [4.78, 5) is 47.2. The lowest BCUT2D eigenvalue weighted by atomic mass is 9.98. The largest absolute Gasteiger partial charge is 0.508 e. The number of phenols is 1. The second-order valence-corrected chi connectivity index (χ2v) is 7.72. The molecule has 0 saturated carbocycles. The number of rotatable bonds is 6. The number of hydrogen-bond donors (Lipinski definition) is 5. The predicted molar refractivity (Wildman–Crippen MR) is 104 cm³/mol. The number of carbonyl (C=O) groups excluding carboxylic acids is 1. The number of phenolic OH excluding ortho intramolecular Hbond substituents is 1. The Kier molecular flexibility index (Phi) is 4.68. The van der Waals surface area contributed by atoms with E-state index >= 15 is 0 Å². The number of fused-ring (bicyclic) bond motifs is 1. The van der Waals surface area contributed by atoms with Crippen molar-refractivity contribution in [3.05, 3.63) is 66.5 Å². The molecule has 29 heavy (non-hydrogen) atoms.